The largest absolute Gasteiger partial charge is 0.461 e. The van der Waals surface area contributed by atoms with Gasteiger partial charge in [-0.2, -0.15) is 5.26 Å². The molecule has 0 bridgehead atoms. The molecular formula is C32H44ClN5O4. The Balaban J connectivity index is 1.26. The van der Waals surface area contributed by atoms with Crippen molar-refractivity contribution in [3.8, 4) is 17.3 Å². The van der Waals surface area contributed by atoms with Gasteiger partial charge in [-0.1, -0.05) is 17.7 Å². The Morgan fingerprint density at radius 2 is 1.98 bits per heavy atom. The minimum absolute atomic E-state index is 0.0128. The van der Waals surface area contributed by atoms with Crippen LogP contribution in [0.2, 0.25) is 5.02 Å². The number of nitriles is 1. The van der Waals surface area contributed by atoms with Crippen molar-refractivity contribution in [1.29, 1.82) is 5.26 Å². The van der Waals surface area contributed by atoms with Crippen LogP contribution in [0.1, 0.15) is 65.0 Å². The van der Waals surface area contributed by atoms with Crippen molar-refractivity contribution in [2.24, 2.45) is 11.3 Å². The molecule has 0 radical (unpaired) electrons. The van der Waals surface area contributed by atoms with E-state index in [4.69, 9.17) is 30.8 Å². The van der Waals surface area contributed by atoms with Crippen molar-refractivity contribution in [1.82, 2.24) is 15.3 Å². The maximum atomic E-state index is 11.6. The predicted octanol–water partition coefficient (Wildman–Crippen LogP) is 5.58. The molecule has 42 heavy (non-hydrogen) atoms. The molecule has 4 rings (SSSR count). The highest BCUT2D eigenvalue weighted by Gasteiger charge is 2.32. The second-order valence-corrected chi connectivity index (χ2v) is 12.4. The van der Waals surface area contributed by atoms with E-state index in [9.17, 15) is 10.1 Å². The van der Waals surface area contributed by atoms with Gasteiger partial charge in [0.25, 0.3) is 0 Å². The van der Waals surface area contributed by atoms with E-state index in [0.29, 0.717) is 43.3 Å². The number of hydrogen-bond acceptors (Lipinski definition) is 9. The molecule has 3 heterocycles. The Hall–Kier alpha value is -2.77. The molecule has 1 aliphatic carbocycles. The number of halogens is 1. The van der Waals surface area contributed by atoms with E-state index in [-0.39, 0.29) is 24.7 Å². The minimum Gasteiger partial charge on any atom is -0.461 e. The van der Waals surface area contributed by atoms with Crippen LogP contribution in [0.25, 0.3) is 11.3 Å². The molecule has 1 saturated carbocycles. The molecule has 1 saturated heterocycles. The van der Waals surface area contributed by atoms with Gasteiger partial charge >= 0.3 is 5.97 Å². The Morgan fingerprint density at radius 1 is 1.21 bits per heavy atom. The first-order chi connectivity index (χ1) is 20.2. The van der Waals surface area contributed by atoms with Gasteiger partial charge in [-0.25, -0.2) is 9.78 Å². The van der Waals surface area contributed by atoms with E-state index in [1.54, 1.807) is 6.20 Å². The third-order valence-corrected chi connectivity index (χ3v) is 8.35. The quantitative estimate of drug-likeness (QED) is 0.285. The monoisotopic (exact) mass is 597 g/mol. The Kier molecular flexibility index (Phi) is 12.0. The summed E-state index contributed by atoms with van der Waals surface area (Å²) in [4.78, 5) is 21.1. The van der Waals surface area contributed by atoms with Gasteiger partial charge in [0, 0.05) is 49.3 Å². The second kappa shape index (κ2) is 15.6. The predicted molar refractivity (Wildman–Crippen MR) is 163 cm³/mol. The molecule has 9 nitrogen and oxygen atoms in total. The Bertz CT molecular complexity index is 1210. The number of aromatic nitrogens is 2. The average Bonchev–Trinajstić information content (AvgIpc) is 2.98. The van der Waals surface area contributed by atoms with Gasteiger partial charge in [-0.3, -0.25) is 4.98 Å². The van der Waals surface area contributed by atoms with Gasteiger partial charge < -0.3 is 24.8 Å². The van der Waals surface area contributed by atoms with Gasteiger partial charge in [0.05, 0.1) is 34.9 Å². The summed E-state index contributed by atoms with van der Waals surface area (Å²) in [6, 6.07) is 11.0. The summed E-state index contributed by atoms with van der Waals surface area (Å²) in [5.74, 6) is 0.962. The zero-order valence-electron chi connectivity index (χ0n) is 25.0. The highest BCUT2D eigenvalue weighted by Crippen LogP contribution is 2.32. The summed E-state index contributed by atoms with van der Waals surface area (Å²) in [5, 5.41) is 17.4. The molecule has 2 N–H and O–H groups in total. The molecule has 0 unspecified atom stereocenters. The van der Waals surface area contributed by atoms with Crippen LogP contribution in [-0.4, -0.2) is 67.1 Å². The molecule has 1 aliphatic heterocycles. The molecule has 2 fully saturated rings. The maximum Gasteiger partial charge on any atom is 0.332 e. The van der Waals surface area contributed by atoms with Crippen LogP contribution in [-0.2, 0) is 25.4 Å². The molecule has 0 aromatic carbocycles. The molecule has 2 aliphatic rings. The fraction of sp³-hybridized carbons (Fsp3) is 0.625. The van der Waals surface area contributed by atoms with Gasteiger partial charge in [0.2, 0.25) is 0 Å². The molecule has 10 heteroatoms. The number of pyridine rings is 2. The van der Waals surface area contributed by atoms with E-state index in [1.165, 1.54) is 0 Å². The third kappa shape index (κ3) is 9.63. The van der Waals surface area contributed by atoms with Crippen LogP contribution in [0.15, 0.2) is 30.5 Å². The standard InChI is InChI=1S/C32H44ClN5O4/c1-22(2)42-31(39)19-41-18-23(3)37-25-9-7-24(8-10-25)15-26-16-27(28(33)17-35-26)29-5-4-6-30(38-29)36-21-32(20-34)11-13-40-14-12-32/h4-6,16-17,22-25,37H,7-15,18-19,21H2,1-3H3,(H,36,38)/t23-,24?,25?/m0/s1. The van der Waals surface area contributed by atoms with Crippen LogP contribution in [0.3, 0.4) is 0 Å². The number of anilines is 1. The van der Waals surface area contributed by atoms with Crippen molar-refractivity contribution in [3.05, 3.63) is 41.2 Å². The highest BCUT2D eigenvalue weighted by atomic mass is 35.5. The normalized spacial score (nSPS) is 21.0. The van der Waals surface area contributed by atoms with Crippen LogP contribution in [0.4, 0.5) is 5.82 Å². The molecule has 0 amide bonds. The van der Waals surface area contributed by atoms with Crippen molar-refractivity contribution in [2.45, 2.75) is 83.9 Å². The fourth-order valence-corrected chi connectivity index (χ4v) is 5.92. The van der Waals surface area contributed by atoms with Gasteiger partial charge in [-0.05, 0) is 89.8 Å². The molecule has 228 valence electrons. The Morgan fingerprint density at radius 3 is 2.69 bits per heavy atom. The smallest absolute Gasteiger partial charge is 0.332 e. The number of rotatable bonds is 13. The molecule has 2 aromatic heterocycles. The molecule has 2 aromatic rings. The van der Waals surface area contributed by atoms with Gasteiger partial charge in [0.15, 0.2) is 0 Å². The lowest BCUT2D eigenvalue weighted by molar-refractivity contribution is -0.152. The zero-order valence-corrected chi connectivity index (χ0v) is 25.8. The lowest BCUT2D eigenvalue weighted by Gasteiger charge is -2.31. The highest BCUT2D eigenvalue weighted by molar-refractivity contribution is 6.33. The van der Waals surface area contributed by atoms with Crippen molar-refractivity contribution in [3.63, 3.8) is 0 Å². The minimum atomic E-state index is -0.430. The van der Waals surface area contributed by atoms with E-state index in [2.05, 4.69) is 34.7 Å². The summed E-state index contributed by atoms with van der Waals surface area (Å²) >= 11 is 6.59. The van der Waals surface area contributed by atoms with Gasteiger partial charge in [0.1, 0.15) is 12.4 Å². The van der Waals surface area contributed by atoms with Gasteiger partial charge in [-0.15, -0.1) is 0 Å². The molecule has 0 spiro atoms. The first-order valence-corrected chi connectivity index (χ1v) is 15.5. The topological polar surface area (TPSA) is 118 Å². The fourth-order valence-electron chi connectivity index (χ4n) is 5.72. The third-order valence-electron chi connectivity index (χ3n) is 8.05. The van der Waals surface area contributed by atoms with Crippen molar-refractivity contribution >= 4 is 23.4 Å². The number of nitrogens with zero attached hydrogens (tertiary/aromatic N) is 3. The SMILES string of the molecule is CC(C)OC(=O)COC[C@H](C)NC1CCC(Cc2cc(-c3cccc(NCC4(C#N)CCOCC4)n3)c(Cl)cn2)CC1. The van der Waals surface area contributed by atoms with Crippen LogP contribution in [0, 0.1) is 22.7 Å². The van der Waals surface area contributed by atoms with E-state index in [0.717, 1.165) is 67.7 Å². The number of hydrogen-bond donors (Lipinski definition) is 2. The first-order valence-electron chi connectivity index (χ1n) is 15.1. The first kappa shape index (κ1) is 32.2. The molecular weight excluding hydrogens is 554 g/mol. The Labute approximate surface area is 254 Å². The lowest BCUT2D eigenvalue weighted by Crippen LogP contribution is -2.41. The summed E-state index contributed by atoms with van der Waals surface area (Å²) in [6.07, 6.45) is 8.37. The maximum absolute atomic E-state index is 11.6. The zero-order chi connectivity index (χ0) is 30.0. The molecule has 1 atom stereocenters. The van der Waals surface area contributed by atoms with Crippen LogP contribution in [0.5, 0.6) is 0 Å². The number of ether oxygens (including phenoxy) is 3. The lowest BCUT2D eigenvalue weighted by atomic mass is 9.82. The van der Waals surface area contributed by atoms with Crippen LogP contribution < -0.4 is 10.6 Å². The van der Waals surface area contributed by atoms with Crippen molar-refractivity contribution < 1.29 is 19.0 Å². The average molecular weight is 598 g/mol. The van der Waals surface area contributed by atoms with E-state index in [1.807, 2.05) is 32.0 Å². The summed E-state index contributed by atoms with van der Waals surface area (Å²) < 4.78 is 16.1. The van der Waals surface area contributed by atoms with E-state index < -0.39 is 5.41 Å². The van der Waals surface area contributed by atoms with Crippen LogP contribution >= 0.6 is 11.6 Å². The number of carbonyl (C=O) groups is 1. The number of esters is 1. The number of nitrogens with one attached hydrogen (secondary N) is 2. The summed E-state index contributed by atoms with van der Waals surface area (Å²) in [5.41, 5.74) is 2.24. The summed E-state index contributed by atoms with van der Waals surface area (Å²) in [6.45, 7) is 7.97. The van der Waals surface area contributed by atoms with Crippen molar-refractivity contribution in [2.75, 3.05) is 38.3 Å². The second-order valence-electron chi connectivity index (χ2n) is 12.0. The summed E-state index contributed by atoms with van der Waals surface area (Å²) in [7, 11) is 0. The van der Waals surface area contributed by atoms with E-state index >= 15 is 0 Å². The number of carbonyl (C=O) groups excluding carboxylic acids is 1.